The van der Waals surface area contributed by atoms with E-state index in [2.05, 4.69) is 17.1 Å². The molecule has 2 aromatic carbocycles. The van der Waals surface area contributed by atoms with E-state index in [0.29, 0.717) is 18.4 Å². The van der Waals surface area contributed by atoms with Crippen LogP contribution >= 0.6 is 0 Å². The van der Waals surface area contributed by atoms with Gasteiger partial charge in [-0.25, -0.2) is 8.78 Å². The fraction of sp³-hybridized carbons (Fsp3) is 0.480. The number of aryl methyl sites for hydroxylation is 2. The maximum atomic E-state index is 14.1. The highest BCUT2D eigenvalue weighted by atomic mass is 19.1. The van der Waals surface area contributed by atoms with Crippen molar-refractivity contribution in [1.82, 2.24) is 4.90 Å². The number of nitrogens with one attached hydrogen (secondary N) is 1. The molecule has 4 rings (SSSR count). The molecular weight excluding hydrogens is 398 g/mol. The largest absolute Gasteiger partial charge is 0.389 e. The van der Waals surface area contributed by atoms with E-state index in [1.165, 1.54) is 12.1 Å². The molecule has 31 heavy (non-hydrogen) atoms. The normalized spacial score (nSPS) is 25.6. The Labute approximate surface area is 182 Å². The Hall–Kier alpha value is -2.31. The summed E-state index contributed by atoms with van der Waals surface area (Å²) in [7, 11) is 0. The monoisotopic (exact) mass is 428 g/mol. The molecule has 6 heteroatoms. The van der Waals surface area contributed by atoms with E-state index >= 15 is 0 Å². The first-order valence-electron chi connectivity index (χ1n) is 11.1. The van der Waals surface area contributed by atoms with Crippen LogP contribution in [0.25, 0.3) is 0 Å². The van der Waals surface area contributed by atoms with E-state index in [9.17, 15) is 18.7 Å². The van der Waals surface area contributed by atoms with Gasteiger partial charge in [0.25, 0.3) is 0 Å². The number of benzene rings is 2. The van der Waals surface area contributed by atoms with Gasteiger partial charge >= 0.3 is 0 Å². The maximum absolute atomic E-state index is 14.1. The summed E-state index contributed by atoms with van der Waals surface area (Å²) in [5, 5.41) is 14.3. The topological polar surface area (TPSA) is 52.6 Å². The number of hydrogen-bond donors (Lipinski definition) is 2. The highest BCUT2D eigenvalue weighted by molar-refractivity contribution is 5.93. The molecule has 2 aromatic rings. The van der Waals surface area contributed by atoms with E-state index < -0.39 is 17.2 Å². The van der Waals surface area contributed by atoms with Crippen LogP contribution in [0.5, 0.6) is 0 Å². The Morgan fingerprint density at radius 3 is 2.52 bits per heavy atom. The minimum Gasteiger partial charge on any atom is -0.389 e. The van der Waals surface area contributed by atoms with Crippen molar-refractivity contribution in [2.45, 2.75) is 70.1 Å². The standard InChI is InChI=1S/C25H30F2N2O2/c1-3-17-6-4-5-16(2)24(17)28-23(30)15-29-20-9-10-21(29)14-25(31,13-20)12-18-7-8-19(26)11-22(18)27/h4-8,11,20-21,31H,3,9-10,12-15H2,1-2H3,(H,28,30). The molecule has 2 bridgehead atoms. The Morgan fingerprint density at radius 2 is 1.87 bits per heavy atom. The minimum atomic E-state index is -1.04. The molecule has 0 radical (unpaired) electrons. The number of hydrogen-bond acceptors (Lipinski definition) is 3. The Kier molecular flexibility index (Phi) is 6.13. The van der Waals surface area contributed by atoms with Crippen LogP contribution in [-0.2, 0) is 17.6 Å². The second-order valence-corrected chi connectivity index (χ2v) is 9.11. The lowest BCUT2D eigenvalue weighted by Gasteiger charge is -2.43. The van der Waals surface area contributed by atoms with E-state index in [0.717, 1.165) is 42.1 Å². The van der Waals surface area contributed by atoms with Crippen LogP contribution in [0.1, 0.15) is 49.3 Å². The van der Waals surface area contributed by atoms with Gasteiger partial charge in [0.05, 0.1) is 12.1 Å². The van der Waals surface area contributed by atoms with Crippen molar-refractivity contribution in [3.8, 4) is 0 Å². The van der Waals surface area contributed by atoms with Crippen LogP contribution in [0, 0.1) is 18.6 Å². The first-order valence-corrected chi connectivity index (χ1v) is 11.1. The SMILES string of the molecule is CCc1cccc(C)c1NC(=O)CN1C2CCC1CC(O)(Cc1ccc(F)cc1F)C2. The Morgan fingerprint density at radius 1 is 1.16 bits per heavy atom. The van der Waals surface area contributed by atoms with Gasteiger partial charge in [-0.3, -0.25) is 9.69 Å². The lowest BCUT2D eigenvalue weighted by atomic mass is 9.81. The van der Waals surface area contributed by atoms with Gasteiger partial charge < -0.3 is 10.4 Å². The molecule has 2 unspecified atom stereocenters. The summed E-state index contributed by atoms with van der Waals surface area (Å²) >= 11 is 0. The number of carbonyl (C=O) groups is 1. The van der Waals surface area contributed by atoms with Crippen molar-refractivity contribution >= 4 is 11.6 Å². The van der Waals surface area contributed by atoms with Gasteiger partial charge in [-0.2, -0.15) is 0 Å². The van der Waals surface area contributed by atoms with Crippen molar-refractivity contribution in [3.63, 3.8) is 0 Å². The molecule has 2 fully saturated rings. The van der Waals surface area contributed by atoms with Gasteiger partial charge in [-0.05, 0) is 61.8 Å². The number of halogens is 2. The number of carbonyl (C=O) groups excluding carboxylic acids is 1. The second-order valence-electron chi connectivity index (χ2n) is 9.11. The fourth-order valence-electron chi connectivity index (χ4n) is 5.38. The summed E-state index contributed by atoms with van der Waals surface area (Å²) in [4.78, 5) is 15.0. The zero-order chi connectivity index (χ0) is 22.2. The Balaban J connectivity index is 1.42. The molecule has 4 nitrogen and oxygen atoms in total. The summed E-state index contributed by atoms with van der Waals surface area (Å²) in [5.41, 5.74) is 2.35. The number of para-hydroxylation sites is 1. The molecule has 2 N–H and O–H groups in total. The zero-order valence-corrected chi connectivity index (χ0v) is 18.1. The maximum Gasteiger partial charge on any atom is 0.238 e. The number of nitrogens with zero attached hydrogens (tertiary/aromatic N) is 1. The zero-order valence-electron chi connectivity index (χ0n) is 18.1. The van der Waals surface area contributed by atoms with Gasteiger partial charge in [0, 0.05) is 30.3 Å². The average molecular weight is 429 g/mol. The molecule has 2 heterocycles. The minimum absolute atomic E-state index is 0.0454. The third-order valence-electron chi connectivity index (χ3n) is 6.87. The number of fused-ring (bicyclic) bond motifs is 2. The number of rotatable bonds is 6. The van der Waals surface area contributed by atoms with Crippen molar-refractivity contribution in [3.05, 3.63) is 64.7 Å². The fourth-order valence-corrected chi connectivity index (χ4v) is 5.38. The lowest BCUT2D eigenvalue weighted by molar-refractivity contribution is -0.120. The number of anilines is 1. The quantitative estimate of drug-likeness (QED) is 0.718. The third kappa shape index (κ3) is 4.65. The van der Waals surface area contributed by atoms with Crippen molar-refractivity contribution in [2.75, 3.05) is 11.9 Å². The molecule has 2 aliphatic heterocycles. The molecule has 2 aliphatic rings. The van der Waals surface area contributed by atoms with Crippen LogP contribution in [0.3, 0.4) is 0 Å². The molecule has 0 aromatic heterocycles. The van der Waals surface area contributed by atoms with Crippen LogP contribution in [0.2, 0.25) is 0 Å². The number of aliphatic hydroxyl groups is 1. The Bertz CT molecular complexity index is 964. The van der Waals surface area contributed by atoms with Gasteiger partial charge in [0.15, 0.2) is 0 Å². The highest BCUT2D eigenvalue weighted by Crippen LogP contribution is 2.42. The molecule has 1 amide bonds. The first-order chi connectivity index (χ1) is 14.8. The van der Waals surface area contributed by atoms with E-state index in [-0.39, 0.29) is 31.0 Å². The van der Waals surface area contributed by atoms with Crippen molar-refractivity contribution < 1.29 is 18.7 Å². The summed E-state index contributed by atoms with van der Waals surface area (Å²) in [5.74, 6) is -1.28. The van der Waals surface area contributed by atoms with Gasteiger partial charge in [-0.1, -0.05) is 31.2 Å². The van der Waals surface area contributed by atoms with E-state index in [1.54, 1.807) is 0 Å². The van der Waals surface area contributed by atoms with Crippen molar-refractivity contribution in [2.24, 2.45) is 0 Å². The van der Waals surface area contributed by atoms with Crippen LogP contribution in [0.4, 0.5) is 14.5 Å². The summed E-state index contributed by atoms with van der Waals surface area (Å²) in [6, 6.07) is 9.70. The summed E-state index contributed by atoms with van der Waals surface area (Å²) in [6.07, 6.45) is 3.80. The van der Waals surface area contributed by atoms with E-state index in [4.69, 9.17) is 0 Å². The first kappa shape index (κ1) is 21.9. The average Bonchev–Trinajstić information content (AvgIpc) is 2.95. The molecule has 166 valence electrons. The van der Waals surface area contributed by atoms with Crippen molar-refractivity contribution in [1.29, 1.82) is 0 Å². The van der Waals surface area contributed by atoms with Gasteiger partial charge in [0.1, 0.15) is 11.6 Å². The number of amides is 1. The highest BCUT2D eigenvalue weighted by Gasteiger charge is 2.48. The summed E-state index contributed by atoms with van der Waals surface area (Å²) < 4.78 is 27.3. The molecule has 0 saturated carbocycles. The molecule has 2 saturated heterocycles. The van der Waals surface area contributed by atoms with Gasteiger partial charge in [-0.15, -0.1) is 0 Å². The van der Waals surface area contributed by atoms with Crippen LogP contribution in [-0.4, -0.2) is 40.1 Å². The predicted molar refractivity (Wildman–Crippen MR) is 117 cm³/mol. The van der Waals surface area contributed by atoms with Gasteiger partial charge in [0.2, 0.25) is 5.91 Å². The molecular formula is C25H30F2N2O2. The molecule has 2 atom stereocenters. The molecule has 0 spiro atoms. The van der Waals surface area contributed by atoms with Crippen LogP contribution < -0.4 is 5.32 Å². The summed E-state index contributed by atoms with van der Waals surface area (Å²) in [6.45, 7) is 4.35. The lowest BCUT2D eigenvalue weighted by Crippen LogP contribution is -2.53. The molecule has 0 aliphatic carbocycles. The van der Waals surface area contributed by atoms with Crippen LogP contribution in [0.15, 0.2) is 36.4 Å². The second kappa shape index (κ2) is 8.67. The third-order valence-corrected chi connectivity index (χ3v) is 6.87. The van der Waals surface area contributed by atoms with E-state index in [1.807, 2.05) is 25.1 Å². The smallest absolute Gasteiger partial charge is 0.238 e. The predicted octanol–water partition coefficient (Wildman–Crippen LogP) is 4.37. The number of piperidine rings is 1.